The minimum atomic E-state index is -1.01. The van der Waals surface area contributed by atoms with Gasteiger partial charge in [0.2, 0.25) is 0 Å². The van der Waals surface area contributed by atoms with E-state index in [1.165, 1.54) is 6.20 Å². The van der Waals surface area contributed by atoms with E-state index in [9.17, 15) is 9.59 Å². The van der Waals surface area contributed by atoms with Crippen molar-refractivity contribution >= 4 is 17.5 Å². The van der Waals surface area contributed by atoms with Crippen molar-refractivity contribution in [2.45, 2.75) is 6.92 Å². The zero-order valence-electron chi connectivity index (χ0n) is 7.07. The van der Waals surface area contributed by atoms with Crippen molar-refractivity contribution in [3.8, 4) is 0 Å². The molecule has 2 amide bonds. The summed E-state index contributed by atoms with van der Waals surface area (Å²) in [6, 6.07) is 1.69. The molecule has 5 nitrogen and oxygen atoms in total. The fourth-order valence-corrected chi connectivity index (χ4v) is 0.816. The van der Waals surface area contributed by atoms with Gasteiger partial charge < -0.3 is 11.1 Å². The summed E-state index contributed by atoms with van der Waals surface area (Å²) in [5.41, 5.74) is 6.10. The molecular formula is C8H9N3O2. The molecule has 0 aromatic carbocycles. The Balaban J connectivity index is 2.75. The molecule has 1 aromatic rings. The van der Waals surface area contributed by atoms with Gasteiger partial charge in [0.25, 0.3) is 0 Å². The summed E-state index contributed by atoms with van der Waals surface area (Å²) in [4.78, 5) is 25.0. The number of amides is 2. The van der Waals surface area contributed by atoms with E-state index in [1.54, 1.807) is 12.3 Å². The van der Waals surface area contributed by atoms with Crippen LogP contribution in [0, 0.1) is 6.92 Å². The Labute approximate surface area is 75.0 Å². The summed E-state index contributed by atoms with van der Waals surface area (Å²) in [5, 5.41) is 2.31. The van der Waals surface area contributed by atoms with Gasteiger partial charge in [0.15, 0.2) is 0 Å². The number of hydrogen-bond donors (Lipinski definition) is 2. The molecule has 1 heterocycles. The van der Waals surface area contributed by atoms with Gasteiger partial charge in [-0.2, -0.15) is 0 Å². The molecule has 1 rings (SSSR count). The summed E-state index contributed by atoms with van der Waals surface area (Å²) in [5.74, 6) is -1.85. The second-order valence-electron chi connectivity index (χ2n) is 2.57. The largest absolute Gasteiger partial charge is 0.361 e. The second kappa shape index (κ2) is 3.66. The normalized spacial score (nSPS) is 9.31. The van der Waals surface area contributed by atoms with Gasteiger partial charge >= 0.3 is 11.8 Å². The molecular weight excluding hydrogens is 170 g/mol. The monoisotopic (exact) mass is 179 g/mol. The van der Waals surface area contributed by atoms with Gasteiger partial charge in [-0.1, -0.05) is 0 Å². The lowest BCUT2D eigenvalue weighted by molar-refractivity contribution is -0.134. The van der Waals surface area contributed by atoms with Crippen LogP contribution >= 0.6 is 0 Å². The van der Waals surface area contributed by atoms with E-state index in [0.29, 0.717) is 5.69 Å². The number of hydrogen-bond acceptors (Lipinski definition) is 3. The fourth-order valence-electron chi connectivity index (χ4n) is 0.816. The highest BCUT2D eigenvalue weighted by atomic mass is 16.2. The molecule has 0 saturated carbocycles. The molecule has 0 saturated heterocycles. The number of aryl methyl sites for hydroxylation is 1. The van der Waals surface area contributed by atoms with Crippen molar-refractivity contribution in [1.82, 2.24) is 4.98 Å². The van der Waals surface area contributed by atoms with Crippen LogP contribution < -0.4 is 11.1 Å². The Morgan fingerprint density at radius 3 is 2.69 bits per heavy atom. The van der Waals surface area contributed by atoms with E-state index in [1.807, 2.05) is 6.92 Å². The van der Waals surface area contributed by atoms with E-state index in [0.717, 1.165) is 5.56 Å². The molecule has 0 aliphatic heterocycles. The zero-order valence-corrected chi connectivity index (χ0v) is 7.07. The van der Waals surface area contributed by atoms with Crippen molar-refractivity contribution in [2.24, 2.45) is 5.73 Å². The van der Waals surface area contributed by atoms with Gasteiger partial charge in [0.05, 0.1) is 11.9 Å². The predicted molar refractivity (Wildman–Crippen MR) is 46.8 cm³/mol. The molecule has 0 bridgehead atoms. The summed E-state index contributed by atoms with van der Waals surface area (Å²) in [7, 11) is 0. The molecule has 68 valence electrons. The Bertz CT molecular complexity index is 349. The Hall–Kier alpha value is -1.91. The van der Waals surface area contributed by atoms with Crippen LogP contribution in [0.25, 0.3) is 0 Å². The molecule has 1 aromatic heterocycles. The van der Waals surface area contributed by atoms with Crippen LogP contribution in [0.4, 0.5) is 5.69 Å². The summed E-state index contributed by atoms with van der Waals surface area (Å²) in [6.07, 6.45) is 3.08. The molecule has 13 heavy (non-hydrogen) atoms. The molecule has 0 radical (unpaired) electrons. The average molecular weight is 179 g/mol. The maximum Gasteiger partial charge on any atom is 0.313 e. The lowest BCUT2D eigenvalue weighted by Crippen LogP contribution is -2.29. The number of carbonyl (C=O) groups excluding carboxylic acids is 2. The first kappa shape index (κ1) is 9.18. The van der Waals surface area contributed by atoms with Gasteiger partial charge in [-0.15, -0.1) is 0 Å². The number of pyridine rings is 1. The highest BCUT2D eigenvalue weighted by Crippen LogP contribution is 2.06. The first-order chi connectivity index (χ1) is 6.09. The molecule has 0 fully saturated rings. The first-order valence-corrected chi connectivity index (χ1v) is 3.62. The summed E-state index contributed by atoms with van der Waals surface area (Å²) >= 11 is 0. The van der Waals surface area contributed by atoms with Gasteiger partial charge in [0, 0.05) is 6.20 Å². The topological polar surface area (TPSA) is 85.1 Å². The smallest absolute Gasteiger partial charge is 0.313 e. The maximum absolute atomic E-state index is 10.8. The highest BCUT2D eigenvalue weighted by molar-refractivity contribution is 6.39. The van der Waals surface area contributed by atoms with Crippen LogP contribution in [0.1, 0.15) is 5.56 Å². The second-order valence-corrected chi connectivity index (χ2v) is 2.57. The van der Waals surface area contributed by atoms with Crippen LogP contribution in [0.2, 0.25) is 0 Å². The number of rotatable bonds is 1. The number of nitrogens with one attached hydrogen (secondary N) is 1. The van der Waals surface area contributed by atoms with Crippen LogP contribution in [0.3, 0.4) is 0 Å². The van der Waals surface area contributed by atoms with E-state index >= 15 is 0 Å². The minimum Gasteiger partial charge on any atom is -0.361 e. The van der Waals surface area contributed by atoms with Gasteiger partial charge in [-0.3, -0.25) is 14.6 Å². The number of anilines is 1. The quantitative estimate of drug-likeness (QED) is 0.586. The lowest BCUT2D eigenvalue weighted by Gasteiger charge is -2.01. The predicted octanol–water partition coefficient (Wildman–Crippen LogP) is -0.186. The van der Waals surface area contributed by atoms with Crippen LogP contribution in [0.5, 0.6) is 0 Å². The number of nitrogens with two attached hydrogens (primary N) is 1. The standard InChI is InChI=1S/C8H9N3O2/c1-5-2-6(4-10-3-5)11-8(13)7(9)12/h2-4H,1H3,(H2,9,12)(H,11,13). The summed E-state index contributed by atoms with van der Waals surface area (Å²) in [6.45, 7) is 1.83. The maximum atomic E-state index is 10.8. The van der Waals surface area contributed by atoms with E-state index < -0.39 is 11.8 Å². The van der Waals surface area contributed by atoms with Gasteiger partial charge in [-0.05, 0) is 18.6 Å². The van der Waals surface area contributed by atoms with Gasteiger partial charge in [-0.25, -0.2) is 0 Å². The van der Waals surface area contributed by atoms with Crippen molar-refractivity contribution in [2.75, 3.05) is 5.32 Å². The molecule has 0 atom stereocenters. The molecule has 5 heteroatoms. The third kappa shape index (κ3) is 2.55. The molecule has 3 N–H and O–H groups in total. The zero-order chi connectivity index (χ0) is 9.84. The first-order valence-electron chi connectivity index (χ1n) is 3.62. The van der Waals surface area contributed by atoms with E-state index in [-0.39, 0.29) is 0 Å². The number of nitrogens with zero attached hydrogens (tertiary/aromatic N) is 1. The minimum absolute atomic E-state index is 0.462. The number of aromatic nitrogens is 1. The van der Waals surface area contributed by atoms with Crippen molar-refractivity contribution < 1.29 is 9.59 Å². The summed E-state index contributed by atoms with van der Waals surface area (Å²) < 4.78 is 0. The third-order valence-electron chi connectivity index (χ3n) is 1.36. The number of carbonyl (C=O) groups is 2. The van der Waals surface area contributed by atoms with Crippen molar-refractivity contribution in [3.05, 3.63) is 24.0 Å². The highest BCUT2D eigenvalue weighted by Gasteiger charge is 2.08. The molecule has 0 unspecified atom stereocenters. The van der Waals surface area contributed by atoms with E-state index in [2.05, 4.69) is 10.3 Å². The van der Waals surface area contributed by atoms with E-state index in [4.69, 9.17) is 5.73 Å². The average Bonchev–Trinajstić information content (AvgIpc) is 2.04. The van der Waals surface area contributed by atoms with Crippen LogP contribution in [-0.4, -0.2) is 16.8 Å². The molecule has 0 spiro atoms. The molecule has 0 aliphatic carbocycles. The van der Waals surface area contributed by atoms with Crippen molar-refractivity contribution in [3.63, 3.8) is 0 Å². The lowest BCUT2D eigenvalue weighted by atomic mass is 10.3. The van der Waals surface area contributed by atoms with Crippen LogP contribution in [-0.2, 0) is 9.59 Å². The third-order valence-corrected chi connectivity index (χ3v) is 1.36. The van der Waals surface area contributed by atoms with Crippen molar-refractivity contribution in [1.29, 1.82) is 0 Å². The Morgan fingerprint density at radius 2 is 2.15 bits per heavy atom. The fraction of sp³-hybridized carbons (Fsp3) is 0.125. The molecule has 0 aliphatic rings. The number of primary amides is 1. The van der Waals surface area contributed by atoms with Crippen LogP contribution in [0.15, 0.2) is 18.5 Å². The Kier molecular flexibility index (Phi) is 2.59. The van der Waals surface area contributed by atoms with Gasteiger partial charge in [0.1, 0.15) is 0 Å². The Morgan fingerprint density at radius 1 is 1.46 bits per heavy atom. The SMILES string of the molecule is Cc1cncc(NC(=O)C(N)=O)c1.